The topological polar surface area (TPSA) is 88.1 Å². The predicted octanol–water partition coefficient (Wildman–Crippen LogP) is 4.77. The minimum Gasteiger partial charge on any atom is -0.459 e. The molecule has 0 saturated carbocycles. The van der Waals surface area contributed by atoms with Gasteiger partial charge in [-0.1, -0.05) is 61.5 Å². The standard InChI is InChI=1S/C28H26O7S/c1-2-36-28-24(35-27(31)21-16-10-5-11-17-21)23(34-26(30)20-14-8-4-9-15-20)22(33-28)18-32-25(29)19-12-6-3-7-13-19/h3-17,22-24,28H,2,18H2,1H3/t22-,23+,24?,28+/m1/s1. The highest BCUT2D eigenvalue weighted by Gasteiger charge is 2.50. The highest BCUT2D eigenvalue weighted by molar-refractivity contribution is 7.99. The lowest BCUT2D eigenvalue weighted by Crippen LogP contribution is -2.41. The molecule has 0 aliphatic carbocycles. The Morgan fingerprint density at radius 3 is 1.61 bits per heavy atom. The number of thioether (sulfide) groups is 1. The Bertz CT molecular complexity index is 1150. The number of ether oxygens (including phenoxy) is 4. The number of esters is 3. The second kappa shape index (κ2) is 12.4. The van der Waals surface area contributed by atoms with E-state index in [1.807, 2.05) is 6.92 Å². The van der Waals surface area contributed by atoms with Gasteiger partial charge in [0, 0.05) is 0 Å². The van der Waals surface area contributed by atoms with E-state index in [1.54, 1.807) is 91.0 Å². The summed E-state index contributed by atoms with van der Waals surface area (Å²) in [6, 6.07) is 25.6. The van der Waals surface area contributed by atoms with Gasteiger partial charge in [-0.2, -0.15) is 0 Å². The molecule has 4 rings (SSSR count). The van der Waals surface area contributed by atoms with Gasteiger partial charge in [0.1, 0.15) is 18.1 Å². The lowest BCUT2D eigenvalue weighted by molar-refractivity contribution is -0.0435. The van der Waals surface area contributed by atoms with Gasteiger partial charge in [0.15, 0.2) is 12.2 Å². The van der Waals surface area contributed by atoms with Crippen LogP contribution in [0.1, 0.15) is 38.0 Å². The van der Waals surface area contributed by atoms with Crippen molar-refractivity contribution in [3.05, 3.63) is 108 Å². The average Bonchev–Trinajstić information content (AvgIpc) is 3.24. The Hall–Kier alpha value is -3.62. The van der Waals surface area contributed by atoms with Crippen LogP contribution in [0.3, 0.4) is 0 Å². The fourth-order valence-electron chi connectivity index (χ4n) is 3.74. The third-order valence-corrected chi connectivity index (χ3v) is 6.53. The summed E-state index contributed by atoms with van der Waals surface area (Å²) in [6.45, 7) is 1.76. The zero-order valence-corrected chi connectivity index (χ0v) is 20.5. The van der Waals surface area contributed by atoms with Gasteiger partial charge in [0.2, 0.25) is 0 Å². The number of hydrogen-bond donors (Lipinski definition) is 0. The maximum atomic E-state index is 12.9. The van der Waals surface area contributed by atoms with Crippen LogP contribution >= 0.6 is 11.8 Å². The maximum Gasteiger partial charge on any atom is 0.338 e. The quantitative estimate of drug-likeness (QED) is 0.303. The summed E-state index contributed by atoms with van der Waals surface area (Å²) in [7, 11) is 0. The largest absolute Gasteiger partial charge is 0.459 e. The lowest BCUT2D eigenvalue weighted by Gasteiger charge is -2.24. The smallest absolute Gasteiger partial charge is 0.338 e. The van der Waals surface area contributed by atoms with Gasteiger partial charge in [-0.05, 0) is 42.2 Å². The molecule has 3 aromatic carbocycles. The summed E-state index contributed by atoms with van der Waals surface area (Å²) < 4.78 is 23.3. The molecular weight excluding hydrogens is 480 g/mol. The van der Waals surface area contributed by atoms with Crippen molar-refractivity contribution in [2.24, 2.45) is 0 Å². The number of hydrogen-bond acceptors (Lipinski definition) is 8. The van der Waals surface area contributed by atoms with Gasteiger partial charge in [-0.3, -0.25) is 0 Å². The first-order valence-electron chi connectivity index (χ1n) is 11.6. The molecule has 3 aromatic rings. The molecule has 186 valence electrons. The van der Waals surface area contributed by atoms with E-state index in [9.17, 15) is 14.4 Å². The van der Waals surface area contributed by atoms with Crippen LogP contribution in [-0.2, 0) is 18.9 Å². The van der Waals surface area contributed by atoms with Gasteiger partial charge in [-0.15, -0.1) is 11.8 Å². The van der Waals surface area contributed by atoms with Crippen molar-refractivity contribution >= 4 is 29.7 Å². The Morgan fingerprint density at radius 2 is 1.14 bits per heavy atom. The Morgan fingerprint density at radius 1 is 0.694 bits per heavy atom. The molecule has 0 aromatic heterocycles. The van der Waals surface area contributed by atoms with E-state index < -0.39 is 41.7 Å². The van der Waals surface area contributed by atoms with E-state index in [0.717, 1.165) is 0 Å². The van der Waals surface area contributed by atoms with Gasteiger partial charge in [0.25, 0.3) is 0 Å². The molecule has 0 radical (unpaired) electrons. The first-order chi connectivity index (χ1) is 17.6. The van der Waals surface area contributed by atoms with Gasteiger partial charge < -0.3 is 18.9 Å². The zero-order chi connectivity index (χ0) is 25.3. The number of benzene rings is 3. The van der Waals surface area contributed by atoms with Crippen molar-refractivity contribution in [3.8, 4) is 0 Å². The summed E-state index contributed by atoms with van der Waals surface area (Å²) in [4.78, 5) is 38.4. The minimum atomic E-state index is -0.988. The van der Waals surface area contributed by atoms with Crippen LogP contribution in [0, 0.1) is 0 Å². The molecule has 0 bridgehead atoms. The Balaban J connectivity index is 1.56. The highest BCUT2D eigenvalue weighted by Crippen LogP contribution is 2.34. The number of carbonyl (C=O) groups is 3. The summed E-state index contributed by atoms with van der Waals surface area (Å²) in [6.07, 6.45) is -2.73. The van der Waals surface area contributed by atoms with Crippen molar-refractivity contribution in [3.63, 3.8) is 0 Å². The van der Waals surface area contributed by atoms with Crippen LogP contribution < -0.4 is 0 Å². The van der Waals surface area contributed by atoms with Gasteiger partial charge in [0.05, 0.1) is 16.7 Å². The molecule has 0 spiro atoms. The van der Waals surface area contributed by atoms with Crippen LogP contribution in [0.15, 0.2) is 91.0 Å². The summed E-state index contributed by atoms with van der Waals surface area (Å²) in [5.41, 5.74) is 0.485. The Labute approximate surface area is 213 Å². The predicted molar refractivity (Wildman–Crippen MR) is 135 cm³/mol. The fraction of sp³-hybridized carbons (Fsp3) is 0.250. The Kier molecular flexibility index (Phi) is 8.76. The second-order valence-electron chi connectivity index (χ2n) is 7.93. The van der Waals surface area contributed by atoms with E-state index in [-0.39, 0.29) is 6.61 Å². The normalized spacial score (nSPS) is 20.9. The van der Waals surface area contributed by atoms with Gasteiger partial charge in [-0.25, -0.2) is 14.4 Å². The molecule has 1 fully saturated rings. The molecule has 8 heteroatoms. The summed E-state index contributed by atoms with van der Waals surface area (Å²) >= 11 is 1.41. The van der Waals surface area contributed by atoms with E-state index in [4.69, 9.17) is 18.9 Å². The monoisotopic (exact) mass is 506 g/mol. The van der Waals surface area contributed by atoms with Crippen molar-refractivity contribution in [1.82, 2.24) is 0 Å². The number of rotatable bonds is 9. The first-order valence-corrected chi connectivity index (χ1v) is 12.6. The molecule has 1 heterocycles. The SMILES string of the molecule is CCS[C@@H]1O[C@H](COC(=O)c2ccccc2)[C@H](OC(=O)c2ccccc2)C1OC(=O)c1ccccc1. The highest BCUT2D eigenvalue weighted by atomic mass is 32.2. The molecule has 0 N–H and O–H groups in total. The molecular formula is C28H26O7S. The van der Waals surface area contributed by atoms with Crippen LogP contribution in [-0.4, -0.2) is 54.0 Å². The van der Waals surface area contributed by atoms with Crippen molar-refractivity contribution in [1.29, 1.82) is 0 Å². The van der Waals surface area contributed by atoms with Crippen molar-refractivity contribution in [2.75, 3.05) is 12.4 Å². The van der Waals surface area contributed by atoms with Crippen LogP contribution in [0.5, 0.6) is 0 Å². The molecule has 1 aliphatic heterocycles. The van der Waals surface area contributed by atoms with Crippen molar-refractivity contribution < 1.29 is 33.3 Å². The number of carbonyl (C=O) groups excluding carboxylic acids is 3. The molecule has 1 saturated heterocycles. The third kappa shape index (κ3) is 6.33. The van der Waals surface area contributed by atoms with Gasteiger partial charge >= 0.3 is 17.9 Å². The fourth-order valence-corrected chi connectivity index (χ4v) is 4.69. The lowest BCUT2D eigenvalue weighted by atomic mass is 10.1. The van der Waals surface area contributed by atoms with E-state index in [2.05, 4.69) is 0 Å². The van der Waals surface area contributed by atoms with Crippen LogP contribution in [0.2, 0.25) is 0 Å². The maximum absolute atomic E-state index is 12.9. The minimum absolute atomic E-state index is 0.180. The third-order valence-electron chi connectivity index (χ3n) is 5.49. The van der Waals surface area contributed by atoms with Crippen LogP contribution in [0.25, 0.3) is 0 Å². The van der Waals surface area contributed by atoms with Crippen molar-refractivity contribution in [2.45, 2.75) is 30.7 Å². The molecule has 1 unspecified atom stereocenters. The molecule has 36 heavy (non-hydrogen) atoms. The molecule has 0 amide bonds. The molecule has 4 atom stereocenters. The van der Waals surface area contributed by atoms with Crippen LogP contribution in [0.4, 0.5) is 0 Å². The summed E-state index contributed by atoms with van der Waals surface area (Å²) in [5, 5.41) is 0. The molecule has 1 aliphatic rings. The average molecular weight is 507 g/mol. The first kappa shape index (κ1) is 25.5. The van der Waals surface area contributed by atoms with E-state index >= 15 is 0 Å². The summed E-state index contributed by atoms with van der Waals surface area (Å²) in [5.74, 6) is -1.02. The van der Waals surface area contributed by atoms with E-state index in [0.29, 0.717) is 22.4 Å². The second-order valence-corrected chi connectivity index (χ2v) is 9.31. The zero-order valence-electron chi connectivity index (χ0n) is 19.6. The van der Waals surface area contributed by atoms with E-state index in [1.165, 1.54) is 11.8 Å². The molecule has 7 nitrogen and oxygen atoms in total.